The molecule has 0 aromatic heterocycles. The van der Waals surface area contributed by atoms with Crippen molar-refractivity contribution in [1.29, 1.82) is 0 Å². The van der Waals surface area contributed by atoms with Crippen LogP contribution in [-0.2, 0) is 32.7 Å². The Bertz CT molecular complexity index is 1100. The van der Waals surface area contributed by atoms with Gasteiger partial charge in [-0.3, -0.25) is 14.2 Å². The van der Waals surface area contributed by atoms with Crippen LogP contribution in [-0.4, -0.2) is 81.2 Å². The minimum Gasteiger partial charge on any atom is -0.756 e. The van der Waals surface area contributed by atoms with Gasteiger partial charge < -0.3 is 33.0 Å². The van der Waals surface area contributed by atoms with Gasteiger partial charge in [0.25, 0.3) is 7.82 Å². The number of quaternary nitrogens is 1. The van der Waals surface area contributed by atoms with Crippen molar-refractivity contribution >= 4 is 19.8 Å². The van der Waals surface area contributed by atoms with Crippen molar-refractivity contribution in [2.24, 2.45) is 0 Å². The molecule has 0 aliphatic rings. The largest absolute Gasteiger partial charge is 0.756 e. The summed E-state index contributed by atoms with van der Waals surface area (Å²) in [4.78, 5) is 37.5. The van der Waals surface area contributed by atoms with E-state index in [2.05, 4.69) is 38.2 Å². The number of allylic oxidation sites excluding steroid dienone is 7. The molecule has 0 radical (unpaired) electrons. The van der Waals surface area contributed by atoms with Crippen molar-refractivity contribution in [1.82, 2.24) is 0 Å². The summed E-state index contributed by atoms with van der Waals surface area (Å²) in [6.45, 7) is 3.96. The lowest BCUT2D eigenvalue weighted by Gasteiger charge is -2.28. The number of aliphatic hydroxyl groups is 1. The highest BCUT2D eigenvalue weighted by Crippen LogP contribution is 2.38. The Morgan fingerprint density at radius 2 is 1.22 bits per heavy atom. The fourth-order valence-corrected chi connectivity index (χ4v) is 6.21. The van der Waals surface area contributed by atoms with Gasteiger partial charge in [-0.25, -0.2) is 0 Å². The molecule has 0 aliphatic heterocycles. The van der Waals surface area contributed by atoms with Gasteiger partial charge in [-0.2, -0.15) is 0 Å². The van der Waals surface area contributed by atoms with Crippen LogP contribution in [0.25, 0.3) is 0 Å². The summed E-state index contributed by atoms with van der Waals surface area (Å²) in [6.07, 6.45) is 37.4. The van der Waals surface area contributed by atoms with Crippen molar-refractivity contribution in [3.8, 4) is 0 Å². The molecule has 0 aromatic carbocycles. The van der Waals surface area contributed by atoms with Crippen LogP contribution in [0.1, 0.15) is 162 Å². The van der Waals surface area contributed by atoms with E-state index in [1.54, 1.807) is 12.2 Å². The summed E-state index contributed by atoms with van der Waals surface area (Å²) in [5.74, 6) is -1.05. The highest BCUT2D eigenvalue weighted by molar-refractivity contribution is 7.45. The van der Waals surface area contributed by atoms with Crippen LogP contribution in [0.15, 0.2) is 48.6 Å². The molecule has 55 heavy (non-hydrogen) atoms. The van der Waals surface area contributed by atoms with Crippen molar-refractivity contribution in [3.05, 3.63) is 48.6 Å². The fraction of sp³-hybridized carbons (Fsp3) is 0.773. The third-order valence-corrected chi connectivity index (χ3v) is 9.89. The van der Waals surface area contributed by atoms with E-state index in [9.17, 15) is 24.2 Å². The first-order valence-corrected chi connectivity index (χ1v) is 22.9. The van der Waals surface area contributed by atoms with Gasteiger partial charge in [0.05, 0.1) is 33.9 Å². The molecule has 2 unspecified atom stereocenters. The van der Waals surface area contributed by atoms with E-state index in [0.29, 0.717) is 30.3 Å². The van der Waals surface area contributed by atoms with Crippen molar-refractivity contribution in [2.75, 3.05) is 47.5 Å². The van der Waals surface area contributed by atoms with Crippen LogP contribution >= 0.6 is 7.82 Å². The third kappa shape index (κ3) is 39.9. The Labute approximate surface area is 336 Å². The number of ether oxygens (including phenoxy) is 2. The predicted octanol–water partition coefficient (Wildman–Crippen LogP) is 10.2. The van der Waals surface area contributed by atoms with Crippen molar-refractivity contribution in [2.45, 2.75) is 174 Å². The average Bonchev–Trinajstić information content (AvgIpc) is 3.12. The van der Waals surface area contributed by atoms with E-state index in [0.717, 1.165) is 51.4 Å². The summed E-state index contributed by atoms with van der Waals surface area (Å²) in [6, 6.07) is 0. The van der Waals surface area contributed by atoms with Gasteiger partial charge in [-0.05, 0) is 64.2 Å². The van der Waals surface area contributed by atoms with E-state index >= 15 is 0 Å². The highest BCUT2D eigenvalue weighted by atomic mass is 31.2. The highest BCUT2D eigenvalue weighted by Gasteiger charge is 2.21. The monoisotopic (exact) mass is 798 g/mol. The van der Waals surface area contributed by atoms with Gasteiger partial charge in [0, 0.05) is 12.8 Å². The van der Waals surface area contributed by atoms with Gasteiger partial charge in [0.15, 0.2) is 6.10 Å². The van der Waals surface area contributed by atoms with Crippen LogP contribution < -0.4 is 4.89 Å². The van der Waals surface area contributed by atoms with Gasteiger partial charge in [0.1, 0.15) is 19.8 Å². The maximum absolute atomic E-state index is 12.6. The molecule has 3 atom stereocenters. The number of hydrogen-bond acceptors (Lipinski definition) is 9. The summed E-state index contributed by atoms with van der Waals surface area (Å²) in [7, 11) is 1.06. The standard InChI is InChI=1S/C44H80NO9P/c1-6-8-10-12-14-16-18-20-22-24-26-28-30-33-41(46)34-32-36-43(47)51-39-42(40-53-55(49,50)52-38-37-45(3,4)5)54-44(48)35-31-29-27-25-23-21-19-17-15-13-11-9-7-2/h17,19-20,22,26,28,30,33,41-42,46H,6-16,18,21,23-25,27,29,31-32,34-40H2,1-5H3/b19-17-,22-20+,28-26+,33-30+/t41?,42-/m1/s1. The molecule has 0 spiro atoms. The molecule has 0 rings (SSSR count). The first-order valence-electron chi connectivity index (χ1n) is 21.5. The lowest BCUT2D eigenvalue weighted by molar-refractivity contribution is -0.870. The lowest BCUT2D eigenvalue weighted by Crippen LogP contribution is -2.37. The van der Waals surface area contributed by atoms with E-state index in [1.165, 1.54) is 64.2 Å². The zero-order valence-electron chi connectivity index (χ0n) is 35.5. The number of phosphoric ester groups is 1. The van der Waals surface area contributed by atoms with Crippen molar-refractivity contribution < 1.29 is 47.2 Å². The Balaban J connectivity index is 4.58. The Hall–Kier alpha value is -2.07. The normalized spacial score (nSPS) is 14.7. The van der Waals surface area contributed by atoms with Crippen molar-refractivity contribution in [3.63, 3.8) is 0 Å². The molecule has 0 saturated carbocycles. The minimum atomic E-state index is -4.67. The lowest BCUT2D eigenvalue weighted by atomic mass is 10.1. The Kier molecular flexibility index (Phi) is 34.9. The second-order valence-corrected chi connectivity index (χ2v) is 17.0. The molecular weight excluding hydrogens is 717 g/mol. The zero-order chi connectivity index (χ0) is 40.9. The molecule has 0 heterocycles. The molecule has 0 saturated heterocycles. The second kappa shape index (κ2) is 36.3. The molecule has 1 N–H and O–H groups in total. The number of unbranched alkanes of at least 4 members (excludes halogenated alkanes) is 15. The number of carbonyl (C=O) groups is 2. The number of aliphatic hydroxyl groups excluding tert-OH is 1. The number of nitrogens with zero attached hydrogens (tertiary/aromatic N) is 1. The van der Waals surface area contributed by atoms with E-state index < -0.39 is 38.6 Å². The minimum absolute atomic E-state index is 0.0502. The summed E-state index contributed by atoms with van der Waals surface area (Å²) in [5, 5.41) is 10.3. The van der Waals surface area contributed by atoms with Gasteiger partial charge in [-0.1, -0.05) is 133 Å². The SMILES string of the molecule is CCCCCC/C=C\CCCCCCCC(=O)O[C@H](COC(=O)CCCC(O)/C=C/C=C/C/C=C/CCCCCCCC)COP(=O)([O-])OCC[N+](C)(C)C. The quantitative estimate of drug-likeness (QED) is 0.0162. The number of phosphoric acid groups is 1. The van der Waals surface area contributed by atoms with Crippen LogP contribution in [0.5, 0.6) is 0 Å². The number of carbonyl (C=O) groups excluding carboxylic acids is 2. The number of rotatable bonds is 38. The maximum atomic E-state index is 12.6. The second-order valence-electron chi connectivity index (χ2n) is 15.5. The van der Waals surface area contributed by atoms with Crippen LogP contribution in [0.2, 0.25) is 0 Å². The maximum Gasteiger partial charge on any atom is 0.306 e. The smallest absolute Gasteiger partial charge is 0.306 e. The molecule has 0 fully saturated rings. The molecule has 0 amide bonds. The molecule has 10 nitrogen and oxygen atoms in total. The topological polar surface area (TPSA) is 131 Å². The predicted molar refractivity (Wildman–Crippen MR) is 223 cm³/mol. The molecule has 320 valence electrons. The van der Waals surface area contributed by atoms with Gasteiger partial charge >= 0.3 is 11.9 Å². The Morgan fingerprint density at radius 1 is 0.673 bits per heavy atom. The molecule has 0 aliphatic carbocycles. The fourth-order valence-electron chi connectivity index (χ4n) is 5.48. The van der Waals surface area contributed by atoms with E-state index in [-0.39, 0.29) is 26.1 Å². The van der Waals surface area contributed by atoms with E-state index in [4.69, 9.17) is 18.5 Å². The zero-order valence-corrected chi connectivity index (χ0v) is 36.4. The third-order valence-electron chi connectivity index (χ3n) is 8.93. The molecular formula is C44H80NO9P. The molecule has 0 bridgehead atoms. The summed E-state index contributed by atoms with van der Waals surface area (Å²) < 4.78 is 33.7. The van der Waals surface area contributed by atoms with Crippen LogP contribution in [0, 0.1) is 0 Å². The first-order chi connectivity index (χ1) is 26.4. The van der Waals surface area contributed by atoms with Gasteiger partial charge in [-0.15, -0.1) is 0 Å². The van der Waals surface area contributed by atoms with Crippen LogP contribution in [0.4, 0.5) is 0 Å². The van der Waals surface area contributed by atoms with Crippen LogP contribution in [0.3, 0.4) is 0 Å². The molecule has 0 aromatic rings. The summed E-state index contributed by atoms with van der Waals surface area (Å²) in [5.41, 5.74) is 0. The Morgan fingerprint density at radius 3 is 1.84 bits per heavy atom. The average molecular weight is 798 g/mol. The first kappa shape index (κ1) is 52.9. The number of likely N-dealkylation sites (N-methyl/N-ethyl adjacent to an activating group) is 1. The van der Waals surface area contributed by atoms with Gasteiger partial charge in [0.2, 0.25) is 0 Å². The van der Waals surface area contributed by atoms with E-state index in [1.807, 2.05) is 33.3 Å². The molecule has 11 heteroatoms. The number of hydrogen-bond donors (Lipinski definition) is 1. The summed E-state index contributed by atoms with van der Waals surface area (Å²) >= 11 is 0. The number of esters is 2.